The van der Waals surface area contributed by atoms with Crippen molar-refractivity contribution in [1.29, 1.82) is 0 Å². The van der Waals surface area contributed by atoms with Crippen LogP contribution < -0.4 is 56.8 Å². The molecule has 28 heteroatoms. The van der Waals surface area contributed by atoms with E-state index < -0.39 is 122 Å². The quantitative estimate of drug-likeness (QED) is 0.0250. The Kier molecular flexibility index (Phi) is 28.1. The van der Waals surface area contributed by atoms with Crippen LogP contribution in [0.1, 0.15) is 174 Å². The van der Waals surface area contributed by atoms with Gasteiger partial charge >= 0.3 is 71.6 Å². The Morgan fingerprint density at radius 3 is 0.491 bits per heavy atom. The van der Waals surface area contributed by atoms with Crippen molar-refractivity contribution >= 4 is 71.6 Å². The first kappa shape index (κ1) is 82.7. The summed E-state index contributed by atoms with van der Waals surface area (Å²) in [5.41, 5.74) is 0.980. The van der Waals surface area contributed by atoms with Gasteiger partial charge in [0, 0.05) is 148 Å². The number of benzene rings is 8. The molecule has 112 heavy (non-hydrogen) atoms. The third kappa shape index (κ3) is 21.5. The monoisotopic (exact) mass is 1540 g/mol. The lowest BCUT2D eigenvalue weighted by atomic mass is 9.75. The third-order valence-corrected chi connectivity index (χ3v) is 16.6. The lowest BCUT2D eigenvalue weighted by Gasteiger charge is -2.32. The molecule has 0 heterocycles. The van der Waals surface area contributed by atoms with E-state index in [1.165, 1.54) is 97.1 Å². The van der Waals surface area contributed by atoms with Gasteiger partial charge in [-0.15, -0.1) is 0 Å². The van der Waals surface area contributed by atoms with Crippen molar-refractivity contribution in [2.24, 2.45) is 0 Å². The lowest BCUT2D eigenvalue weighted by Crippen LogP contribution is -2.19. The van der Waals surface area contributed by atoms with Gasteiger partial charge in [0.15, 0.2) is 26.4 Å². The molecule has 0 saturated carbocycles. The van der Waals surface area contributed by atoms with Crippen LogP contribution in [0.4, 0.5) is 0 Å². The molecule has 0 unspecified atom stereocenters. The van der Waals surface area contributed by atoms with E-state index >= 15 is 0 Å². The fourth-order valence-electron chi connectivity index (χ4n) is 12.6. The Hall–Kier alpha value is -13.4. The molecule has 1 aliphatic rings. The summed E-state index contributed by atoms with van der Waals surface area (Å²) in [6.07, 6.45) is 0. The third-order valence-electron chi connectivity index (χ3n) is 16.6. The van der Waals surface area contributed by atoms with Gasteiger partial charge in [0.2, 0.25) is 0 Å². The van der Waals surface area contributed by atoms with Crippen molar-refractivity contribution in [3.63, 3.8) is 0 Å². The Bertz CT molecular complexity index is 4120. The summed E-state index contributed by atoms with van der Waals surface area (Å²) in [5, 5.41) is 0. The van der Waals surface area contributed by atoms with E-state index in [4.69, 9.17) is 75.8 Å². The second-order valence-electron chi connectivity index (χ2n) is 24.8. The fraction of sp³-hybridized carbons (Fsp3) is 0.286. The first-order chi connectivity index (χ1) is 53.5. The van der Waals surface area contributed by atoms with Crippen molar-refractivity contribution in [2.45, 2.75) is 107 Å². The number of carbonyl (C=O) groups excluding carboxylic acids is 12. The molecule has 0 radical (unpaired) electrons. The summed E-state index contributed by atoms with van der Waals surface area (Å²) < 4.78 is 94.2. The molecule has 1 aliphatic carbocycles. The SMILES string of the molecule is CCOC(=O)COc1ccc(C2c3cc(c(OC(C)=O)cc3OC(C)=O)C(c3ccc(OCC(=O)OCC)cc3)c3cc(c(OC(C)=O)cc3OC(C)=O)C(c3ccc(OCC(=O)OCC)cc3)c3cc(c(OC(C)=O)cc3OC(C)=O)C(c3ccc(OCC(=O)OCC)cc3)c3cc2c(OC(C)=O)cc3OC(C)=O)cc1. The van der Waals surface area contributed by atoms with Crippen molar-refractivity contribution in [3.05, 3.63) is 212 Å². The van der Waals surface area contributed by atoms with Crippen molar-refractivity contribution in [1.82, 2.24) is 0 Å². The number of fused-ring (bicyclic) bond motifs is 8. The van der Waals surface area contributed by atoms with Gasteiger partial charge in [-0.3, -0.25) is 38.4 Å². The van der Waals surface area contributed by atoms with Gasteiger partial charge in [-0.2, -0.15) is 0 Å². The summed E-state index contributed by atoms with van der Waals surface area (Å²) in [6, 6.07) is 35.8. The summed E-state index contributed by atoms with van der Waals surface area (Å²) in [4.78, 5) is 163. The molecule has 0 atom stereocenters. The topological polar surface area (TPSA) is 353 Å². The Labute approximate surface area is 643 Å². The van der Waals surface area contributed by atoms with E-state index in [0.29, 0.717) is 0 Å². The van der Waals surface area contributed by atoms with Gasteiger partial charge in [-0.05, 0) is 123 Å². The van der Waals surface area contributed by atoms with E-state index in [2.05, 4.69) is 0 Å². The second-order valence-corrected chi connectivity index (χ2v) is 24.8. The van der Waals surface area contributed by atoms with Crippen LogP contribution in [0.25, 0.3) is 0 Å². The summed E-state index contributed by atoms with van der Waals surface area (Å²) >= 11 is 0. The number of esters is 12. The van der Waals surface area contributed by atoms with Crippen LogP contribution in [0.15, 0.2) is 146 Å². The maximum absolute atomic E-state index is 14.0. The highest BCUT2D eigenvalue weighted by molar-refractivity contribution is 5.81. The van der Waals surface area contributed by atoms with Crippen molar-refractivity contribution in [2.75, 3.05) is 52.9 Å². The predicted molar refractivity (Wildman–Crippen MR) is 394 cm³/mol. The summed E-state index contributed by atoms with van der Waals surface area (Å²) in [6.45, 7) is 13.4. The first-order valence-electron chi connectivity index (χ1n) is 35.3. The number of hydrogen-bond acceptors (Lipinski definition) is 28. The molecule has 0 N–H and O–H groups in total. The standard InChI is InChI=1S/C84H80O28/c1-13-97-77(93)41-101-57-25-17-53(18-26-57)81-61-33-63(71(107-47(7)87)37-69(61)105-45(5)85)82(54-19-27-58(28-20-54)102-42-78(94)98-14-2)65-35-67(75(111-51(11)91)39-73(65)109-49(9)89)84(56-23-31-60(32-24-56)104-44-80(96)100-16-4)68-36-66(74(110-50(10)90)40-76(68)112-52(12)92)83(55-21-29-59(30-22-55)103-43-79(95)99-15-3)64-34-62(81)70(106-46(6)86)38-72(64)108-48(8)88/h17-40,81-84H,13-16,41-44H2,1-12H3. The number of ether oxygens (including phenoxy) is 16. The second kappa shape index (κ2) is 38.1. The number of rotatable bonds is 28. The van der Waals surface area contributed by atoms with E-state index in [1.54, 1.807) is 76.2 Å². The zero-order valence-corrected chi connectivity index (χ0v) is 63.3. The van der Waals surface area contributed by atoms with Gasteiger partial charge in [0.05, 0.1) is 26.4 Å². The highest BCUT2D eigenvalue weighted by atomic mass is 16.6. The van der Waals surface area contributed by atoms with Crippen LogP contribution in [0, 0.1) is 0 Å². The highest BCUT2D eigenvalue weighted by Gasteiger charge is 2.39. The molecular formula is C84H80O28. The largest absolute Gasteiger partial charge is 0.482 e. The van der Waals surface area contributed by atoms with Crippen LogP contribution >= 0.6 is 0 Å². The number of carbonyl (C=O) groups is 12. The van der Waals surface area contributed by atoms with Crippen molar-refractivity contribution in [3.8, 4) is 69.0 Å². The normalized spacial score (nSPS) is 13.9. The van der Waals surface area contributed by atoms with Crippen LogP contribution in [0.2, 0.25) is 0 Å². The number of hydrogen-bond donors (Lipinski definition) is 0. The minimum Gasteiger partial charge on any atom is -0.482 e. The molecule has 28 nitrogen and oxygen atoms in total. The summed E-state index contributed by atoms with van der Waals surface area (Å²) in [5.74, 6) is -17.9. The Morgan fingerprint density at radius 1 is 0.223 bits per heavy atom. The fourth-order valence-corrected chi connectivity index (χ4v) is 12.6. The molecular weight excluding hydrogens is 1460 g/mol. The molecule has 0 aliphatic heterocycles. The summed E-state index contributed by atoms with van der Waals surface area (Å²) in [7, 11) is 0. The average Bonchev–Trinajstić information content (AvgIpc) is 0.732. The van der Waals surface area contributed by atoms with E-state index in [-0.39, 0.29) is 162 Å². The molecule has 8 aromatic carbocycles. The Morgan fingerprint density at radius 2 is 0.366 bits per heavy atom. The van der Waals surface area contributed by atoms with Gasteiger partial charge in [-0.1, -0.05) is 48.5 Å². The van der Waals surface area contributed by atoms with Crippen molar-refractivity contribution < 1.29 is 133 Å². The van der Waals surface area contributed by atoms with E-state index in [9.17, 15) is 57.5 Å². The van der Waals surface area contributed by atoms with Gasteiger partial charge in [-0.25, -0.2) is 19.2 Å². The van der Waals surface area contributed by atoms with Crippen LogP contribution in [0.5, 0.6) is 69.0 Å². The molecule has 8 aromatic rings. The molecule has 584 valence electrons. The molecule has 9 rings (SSSR count). The molecule has 0 aromatic heterocycles. The van der Waals surface area contributed by atoms with Crippen LogP contribution in [0.3, 0.4) is 0 Å². The molecule has 0 saturated heterocycles. The highest BCUT2D eigenvalue weighted by Crippen LogP contribution is 2.56. The van der Waals surface area contributed by atoms with E-state index in [0.717, 1.165) is 55.4 Å². The molecule has 0 fully saturated rings. The molecule has 8 bridgehead atoms. The van der Waals surface area contributed by atoms with Crippen LogP contribution in [-0.2, 0) is 76.5 Å². The van der Waals surface area contributed by atoms with Crippen LogP contribution in [-0.4, -0.2) is 124 Å². The van der Waals surface area contributed by atoms with E-state index in [1.807, 2.05) is 0 Å². The zero-order valence-electron chi connectivity index (χ0n) is 63.3. The maximum atomic E-state index is 14.0. The maximum Gasteiger partial charge on any atom is 0.344 e. The average molecular weight is 1540 g/mol. The van der Waals surface area contributed by atoms with Gasteiger partial charge in [0.1, 0.15) is 69.0 Å². The lowest BCUT2D eigenvalue weighted by molar-refractivity contribution is -0.146. The Balaban J connectivity index is 1.61. The molecule has 0 spiro atoms. The van der Waals surface area contributed by atoms with Gasteiger partial charge < -0.3 is 75.8 Å². The smallest absolute Gasteiger partial charge is 0.344 e. The minimum atomic E-state index is -1.47. The first-order valence-corrected chi connectivity index (χ1v) is 35.3. The van der Waals surface area contributed by atoms with Gasteiger partial charge in [0.25, 0.3) is 0 Å². The minimum absolute atomic E-state index is 0.00502. The predicted octanol–water partition coefficient (Wildman–Crippen LogP) is 11.9. The zero-order chi connectivity index (χ0) is 81.0. The molecule has 0 amide bonds.